The smallest absolute Gasteiger partial charge is 0.229 e. The van der Waals surface area contributed by atoms with Crippen LogP contribution in [0.3, 0.4) is 0 Å². The van der Waals surface area contributed by atoms with Crippen LogP contribution in [0.15, 0.2) is 84.9 Å². The monoisotopic (exact) mass is 495 g/mol. The second-order valence-corrected chi connectivity index (χ2v) is 11.5. The number of rotatable bonds is 7. The van der Waals surface area contributed by atoms with Crippen molar-refractivity contribution in [2.24, 2.45) is 5.41 Å². The standard InChI is InChI=1S/C31H33N3OS/c35-30-31(18-22-34(30)23-29-32-27-13-7-8-14-28(27)36-29)16-20-33(21-17-31)19-15-26(24-9-3-1-4-10-24)25-11-5-2-6-12-25/h1-14,26H,15-23H2. The number of nitrogens with zero attached hydrogens (tertiary/aromatic N) is 3. The molecule has 0 aliphatic carbocycles. The van der Waals surface area contributed by atoms with Crippen LogP contribution < -0.4 is 0 Å². The number of carbonyl (C=O) groups excluding carboxylic acids is 1. The minimum atomic E-state index is -0.161. The molecule has 1 amide bonds. The van der Waals surface area contributed by atoms with Gasteiger partial charge in [-0.25, -0.2) is 4.98 Å². The van der Waals surface area contributed by atoms with E-state index in [2.05, 4.69) is 88.7 Å². The third-order valence-corrected chi connectivity index (χ3v) is 9.24. The first-order chi connectivity index (χ1) is 17.7. The number of fused-ring (bicyclic) bond motifs is 1. The van der Waals surface area contributed by atoms with Crippen molar-refractivity contribution in [3.63, 3.8) is 0 Å². The summed E-state index contributed by atoms with van der Waals surface area (Å²) in [6.45, 7) is 4.60. The average molecular weight is 496 g/mol. The van der Waals surface area contributed by atoms with Gasteiger partial charge in [-0.2, -0.15) is 0 Å². The zero-order valence-corrected chi connectivity index (χ0v) is 21.5. The van der Waals surface area contributed by atoms with Crippen molar-refractivity contribution in [2.45, 2.75) is 38.1 Å². The van der Waals surface area contributed by atoms with Crippen molar-refractivity contribution in [3.8, 4) is 0 Å². The Morgan fingerprint density at radius 2 is 1.42 bits per heavy atom. The molecule has 0 radical (unpaired) electrons. The molecule has 5 heteroatoms. The Bertz CT molecular complexity index is 1240. The van der Waals surface area contributed by atoms with Crippen molar-refractivity contribution >= 4 is 27.5 Å². The zero-order valence-electron chi connectivity index (χ0n) is 20.7. The van der Waals surface area contributed by atoms with Crippen LogP contribution in [0.2, 0.25) is 0 Å². The molecule has 184 valence electrons. The van der Waals surface area contributed by atoms with Gasteiger partial charge in [-0.05, 0) is 68.6 Å². The Kier molecular flexibility index (Phi) is 6.60. The molecule has 3 aromatic carbocycles. The lowest BCUT2D eigenvalue weighted by atomic mass is 9.77. The number of amides is 1. The zero-order chi connectivity index (χ0) is 24.4. The van der Waals surface area contributed by atoms with Crippen LogP contribution >= 0.6 is 11.3 Å². The topological polar surface area (TPSA) is 36.4 Å². The maximum atomic E-state index is 13.5. The summed E-state index contributed by atoms with van der Waals surface area (Å²) >= 11 is 1.71. The Balaban J connectivity index is 1.07. The normalized spacial score (nSPS) is 18.0. The summed E-state index contributed by atoms with van der Waals surface area (Å²) in [6.07, 6.45) is 4.03. The molecular formula is C31H33N3OS. The van der Waals surface area contributed by atoms with Gasteiger partial charge in [-0.3, -0.25) is 4.79 Å². The maximum absolute atomic E-state index is 13.5. The van der Waals surface area contributed by atoms with E-state index in [0.29, 0.717) is 18.4 Å². The number of thiazole rings is 1. The second kappa shape index (κ2) is 10.2. The second-order valence-electron chi connectivity index (χ2n) is 10.3. The lowest BCUT2D eigenvalue weighted by Crippen LogP contribution is -2.45. The minimum absolute atomic E-state index is 0.161. The molecule has 0 atom stereocenters. The van der Waals surface area contributed by atoms with Gasteiger partial charge in [-0.1, -0.05) is 72.8 Å². The van der Waals surface area contributed by atoms with Gasteiger partial charge in [-0.15, -0.1) is 11.3 Å². The molecule has 1 aromatic heterocycles. The van der Waals surface area contributed by atoms with Gasteiger partial charge in [0.1, 0.15) is 5.01 Å². The summed E-state index contributed by atoms with van der Waals surface area (Å²) in [6, 6.07) is 30.0. The number of hydrogen-bond donors (Lipinski definition) is 0. The first-order valence-electron chi connectivity index (χ1n) is 13.2. The van der Waals surface area contributed by atoms with Crippen LogP contribution in [0, 0.1) is 5.41 Å². The fraction of sp³-hybridized carbons (Fsp3) is 0.355. The molecule has 0 bridgehead atoms. The highest BCUT2D eigenvalue weighted by Gasteiger charge is 2.48. The molecule has 2 aliphatic heterocycles. The van der Waals surface area contributed by atoms with E-state index in [4.69, 9.17) is 4.98 Å². The maximum Gasteiger partial charge on any atom is 0.229 e. The Hall–Kier alpha value is -3.02. The Morgan fingerprint density at radius 3 is 2.08 bits per heavy atom. The third-order valence-electron chi connectivity index (χ3n) is 8.22. The van der Waals surface area contributed by atoms with Crippen LogP contribution in [0.5, 0.6) is 0 Å². The van der Waals surface area contributed by atoms with E-state index in [1.807, 2.05) is 6.07 Å². The van der Waals surface area contributed by atoms with Gasteiger partial charge in [0.15, 0.2) is 0 Å². The number of hydrogen-bond acceptors (Lipinski definition) is 4. The molecule has 4 aromatic rings. The van der Waals surface area contributed by atoms with E-state index in [0.717, 1.165) is 62.4 Å². The molecule has 2 aliphatic rings. The summed E-state index contributed by atoms with van der Waals surface area (Å²) in [5, 5.41) is 1.05. The molecule has 1 spiro atoms. The molecule has 3 heterocycles. The molecule has 0 N–H and O–H groups in total. The van der Waals surface area contributed by atoms with E-state index in [9.17, 15) is 4.79 Å². The van der Waals surface area contributed by atoms with Crippen molar-refractivity contribution in [2.75, 3.05) is 26.2 Å². The lowest BCUT2D eigenvalue weighted by Gasteiger charge is -2.38. The highest BCUT2D eigenvalue weighted by Crippen LogP contribution is 2.42. The molecular weight excluding hydrogens is 462 g/mol. The largest absolute Gasteiger partial charge is 0.335 e. The average Bonchev–Trinajstić information content (AvgIpc) is 3.47. The van der Waals surface area contributed by atoms with Gasteiger partial charge in [0.05, 0.1) is 22.2 Å². The van der Waals surface area contributed by atoms with Gasteiger partial charge in [0, 0.05) is 12.5 Å². The first kappa shape index (κ1) is 23.4. The summed E-state index contributed by atoms with van der Waals surface area (Å²) in [5.41, 5.74) is 3.64. The highest BCUT2D eigenvalue weighted by molar-refractivity contribution is 7.18. The van der Waals surface area contributed by atoms with E-state index in [1.54, 1.807) is 11.3 Å². The molecule has 2 fully saturated rings. The van der Waals surface area contributed by atoms with Crippen molar-refractivity contribution in [3.05, 3.63) is 101 Å². The number of piperidine rings is 1. The van der Waals surface area contributed by atoms with Gasteiger partial charge >= 0.3 is 0 Å². The first-order valence-corrected chi connectivity index (χ1v) is 14.0. The van der Waals surface area contributed by atoms with Crippen LogP contribution in [0.1, 0.15) is 47.7 Å². The highest BCUT2D eigenvalue weighted by atomic mass is 32.1. The summed E-state index contributed by atoms with van der Waals surface area (Å²) in [7, 11) is 0. The van der Waals surface area contributed by atoms with Crippen molar-refractivity contribution < 1.29 is 4.79 Å². The third kappa shape index (κ3) is 4.70. The van der Waals surface area contributed by atoms with E-state index >= 15 is 0 Å². The van der Waals surface area contributed by atoms with E-state index in [1.165, 1.54) is 15.8 Å². The van der Waals surface area contributed by atoms with Crippen molar-refractivity contribution in [1.82, 2.24) is 14.8 Å². The molecule has 6 rings (SSSR count). The predicted molar refractivity (Wildman–Crippen MR) is 147 cm³/mol. The Morgan fingerprint density at radius 1 is 0.806 bits per heavy atom. The van der Waals surface area contributed by atoms with Crippen LogP contribution in [-0.4, -0.2) is 46.9 Å². The SMILES string of the molecule is O=C1N(Cc2nc3ccccc3s2)CCC12CCN(CCC(c1ccccc1)c1ccccc1)CC2. The molecule has 2 saturated heterocycles. The summed E-state index contributed by atoms with van der Waals surface area (Å²) in [5.74, 6) is 0.758. The van der Waals surface area contributed by atoms with Gasteiger partial charge in [0.25, 0.3) is 0 Å². The number of aromatic nitrogens is 1. The van der Waals surface area contributed by atoms with Gasteiger partial charge in [0.2, 0.25) is 5.91 Å². The quantitative estimate of drug-likeness (QED) is 0.300. The minimum Gasteiger partial charge on any atom is -0.335 e. The fourth-order valence-electron chi connectivity index (χ4n) is 6.07. The van der Waals surface area contributed by atoms with Crippen LogP contribution in [-0.2, 0) is 11.3 Å². The summed E-state index contributed by atoms with van der Waals surface area (Å²) in [4.78, 5) is 22.9. The van der Waals surface area contributed by atoms with Crippen LogP contribution in [0.25, 0.3) is 10.2 Å². The number of likely N-dealkylation sites (tertiary alicyclic amines) is 2. The number of carbonyl (C=O) groups is 1. The van der Waals surface area contributed by atoms with Gasteiger partial charge < -0.3 is 9.80 Å². The van der Waals surface area contributed by atoms with Crippen LogP contribution in [0.4, 0.5) is 0 Å². The molecule has 0 saturated carbocycles. The van der Waals surface area contributed by atoms with Crippen molar-refractivity contribution in [1.29, 1.82) is 0 Å². The Labute approximate surface area is 217 Å². The number of para-hydroxylation sites is 1. The lowest BCUT2D eigenvalue weighted by molar-refractivity contribution is -0.138. The number of benzene rings is 3. The fourth-order valence-corrected chi connectivity index (χ4v) is 7.05. The van der Waals surface area contributed by atoms with E-state index < -0.39 is 0 Å². The molecule has 4 nitrogen and oxygen atoms in total. The summed E-state index contributed by atoms with van der Waals surface area (Å²) < 4.78 is 1.20. The molecule has 36 heavy (non-hydrogen) atoms. The predicted octanol–water partition coefficient (Wildman–Crippen LogP) is 6.33. The van der Waals surface area contributed by atoms with E-state index in [-0.39, 0.29) is 5.41 Å². The molecule has 0 unspecified atom stereocenters.